The van der Waals surface area contributed by atoms with E-state index >= 15 is 0 Å². The van der Waals surface area contributed by atoms with Gasteiger partial charge in [-0.25, -0.2) is 4.79 Å². The van der Waals surface area contributed by atoms with Gasteiger partial charge in [-0.15, -0.1) is 11.3 Å². The van der Waals surface area contributed by atoms with E-state index < -0.39 is 5.41 Å². The molecule has 37 heavy (non-hydrogen) atoms. The van der Waals surface area contributed by atoms with Crippen molar-refractivity contribution >= 4 is 40.0 Å². The van der Waals surface area contributed by atoms with Crippen LogP contribution in [0.4, 0.5) is 5.00 Å². The van der Waals surface area contributed by atoms with Gasteiger partial charge in [0.15, 0.2) is 0 Å². The molecule has 1 aromatic rings. The van der Waals surface area contributed by atoms with Crippen LogP contribution >= 0.6 is 11.3 Å². The first-order valence-electron chi connectivity index (χ1n) is 13.7. The van der Waals surface area contributed by atoms with E-state index in [-0.39, 0.29) is 60.0 Å². The molecule has 4 rings (SSSR count). The van der Waals surface area contributed by atoms with E-state index in [0.29, 0.717) is 22.9 Å². The van der Waals surface area contributed by atoms with Crippen molar-refractivity contribution in [3.05, 3.63) is 16.0 Å². The number of nitrogens with zero attached hydrogens (tertiary/aromatic N) is 1. The van der Waals surface area contributed by atoms with Crippen molar-refractivity contribution in [1.29, 1.82) is 0 Å². The number of ether oxygens (including phenoxy) is 1. The van der Waals surface area contributed by atoms with Crippen molar-refractivity contribution in [2.45, 2.75) is 93.4 Å². The summed E-state index contributed by atoms with van der Waals surface area (Å²) in [5.41, 5.74) is 0.793. The molecule has 1 saturated carbocycles. The van der Waals surface area contributed by atoms with E-state index in [1.165, 1.54) is 16.2 Å². The number of piperidine rings is 1. The van der Waals surface area contributed by atoms with E-state index in [1.54, 1.807) is 6.92 Å². The van der Waals surface area contributed by atoms with Gasteiger partial charge in [0.25, 0.3) is 0 Å². The van der Waals surface area contributed by atoms with E-state index in [0.717, 1.165) is 42.5 Å². The molecule has 2 fully saturated rings. The molecule has 8 heteroatoms. The molecule has 0 radical (unpaired) electrons. The molecule has 204 valence electrons. The number of esters is 1. The molecule has 3 atom stereocenters. The van der Waals surface area contributed by atoms with Crippen LogP contribution in [0.1, 0.15) is 101 Å². The lowest BCUT2D eigenvalue weighted by molar-refractivity contribution is -0.168. The number of hydrogen-bond acceptors (Lipinski definition) is 6. The second kappa shape index (κ2) is 9.83. The SMILES string of the molecule is CCOC(=O)c1c(NC(=O)CCCN2C(=O)C3CCC(C)(C2=O)C3(C)C)sc2c1CCC(C(C)(C)C)C2. The van der Waals surface area contributed by atoms with Gasteiger partial charge in [-0.05, 0) is 67.8 Å². The van der Waals surface area contributed by atoms with Crippen molar-refractivity contribution in [3.8, 4) is 0 Å². The van der Waals surface area contributed by atoms with Gasteiger partial charge in [0.05, 0.1) is 17.6 Å². The maximum Gasteiger partial charge on any atom is 0.341 e. The first kappa shape index (κ1) is 27.8. The van der Waals surface area contributed by atoms with E-state index in [4.69, 9.17) is 4.74 Å². The van der Waals surface area contributed by atoms with Crippen molar-refractivity contribution in [1.82, 2.24) is 4.90 Å². The monoisotopic (exact) mass is 530 g/mol. The third-order valence-corrected chi connectivity index (χ3v) is 10.7. The Morgan fingerprint density at radius 2 is 1.86 bits per heavy atom. The fourth-order valence-electron chi connectivity index (χ4n) is 6.53. The number of nitrogens with one attached hydrogen (secondary N) is 1. The van der Waals surface area contributed by atoms with Crippen molar-refractivity contribution < 1.29 is 23.9 Å². The Hall–Kier alpha value is -2.22. The number of fused-ring (bicyclic) bond motifs is 3. The standard InChI is InChI=1S/C29H42N2O5S/c1-8-36-25(34)22-18-12-11-17(27(2,3)4)16-20(18)37-23(22)30-21(32)10-9-15-31-24(33)19-13-14-29(7,26(31)35)28(19,5)6/h17,19H,8-16H2,1-7H3,(H,30,32). The largest absolute Gasteiger partial charge is 0.462 e. The minimum absolute atomic E-state index is 0.102. The number of anilines is 1. The average Bonchev–Trinajstić information content (AvgIpc) is 3.25. The van der Waals surface area contributed by atoms with Crippen LogP contribution in [0.15, 0.2) is 0 Å². The summed E-state index contributed by atoms with van der Waals surface area (Å²) in [5, 5.41) is 3.52. The van der Waals surface area contributed by atoms with Crippen LogP contribution in [0, 0.1) is 28.1 Å². The average molecular weight is 531 g/mol. The van der Waals surface area contributed by atoms with Gasteiger partial charge in [0.1, 0.15) is 5.00 Å². The molecule has 1 N–H and O–H groups in total. The first-order chi connectivity index (χ1) is 17.2. The normalized spacial score (nSPS) is 26.7. The molecule has 2 bridgehead atoms. The van der Waals surface area contributed by atoms with Gasteiger partial charge in [-0.3, -0.25) is 19.3 Å². The van der Waals surface area contributed by atoms with Crippen molar-refractivity contribution in [2.75, 3.05) is 18.5 Å². The summed E-state index contributed by atoms with van der Waals surface area (Å²) in [4.78, 5) is 54.6. The van der Waals surface area contributed by atoms with Gasteiger partial charge in [0.2, 0.25) is 17.7 Å². The van der Waals surface area contributed by atoms with Gasteiger partial charge >= 0.3 is 5.97 Å². The van der Waals surface area contributed by atoms with Gasteiger partial charge in [-0.2, -0.15) is 0 Å². The summed E-state index contributed by atoms with van der Waals surface area (Å²) in [5.74, 6) is -0.456. The lowest BCUT2D eigenvalue weighted by Gasteiger charge is -2.47. The highest BCUT2D eigenvalue weighted by Crippen LogP contribution is 2.60. The quantitative estimate of drug-likeness (QED) is 0.366. The third-order valence-electron chi connectivity index (χ3n) is 9.52. The zero-order valence-electron chi connectivity index (χ0n) is 23.4. The highest BCUT2D eigenvalue weighted by Gasteiger charge is 2.64. The summed E-state index contributed by atoms with van der Waals surface area (Å²) in [6.07, 6.45) is 4.70. The fourth-order valence-corrected chi connectivity index (χ4v) is 7.86. The summed E-state index contributed by atoms with van der Waals surface area (Å²) in [6.45, 7) is 15.1. The van der Waals surface area contributed by atoms with Crippen LogP contribution in [-0.2, 0) is 32.0 Å². The Morgan fingerprint density at radius 1 is 1.16 bits per heavy atom. The zero-order valence-corrected chi connectivity index (χ0v) is 24.2. The number of likely N-dealkylation sites (tertiary alicyclic amines) is 1. The van der Waals surface area contributed by atoms with Crippen LogP contribution in [0.25, 0.3) is 0 Å². The molecule has 2 heterocycles. The summed E-state index contributed by atoms with van der Waals surface area (Å²) in [7, 11) is 0. The maximum atomic E-state index is 13.2. The number of imide groups is 1. The second-order valence-electron chi connectivity index (χ2n) is 12.8. The molecule has 3 aliphatic rings. The molecule has 1 aromatic heterocycles. The molecular weight excluding hydrogens is 488 g/mol. The minimum atomic E-state index is -0.538. The van der Waals surface area contributed by atoms with Crippen LogP contribution in [0.3, 0.4) is 0 Å². The van der Waals surface area contributed by atoms with E-state index in [2.05, 4.69) is 26.1 Å². The third kappa shape index (κ3) is 4.75. The lowest BCUT2D eigenvalue weighted by atomic mass is 9.62. The topological polar surface area (TPSA) is 92.8 Å². The molecule has 1 saturated heterocycles. The molecule has 2 aliphatic carbocycles. The molecule has 0 aromatic carbocycles. The summed E-state index contributed by atoms with van der Waals surface area (Å²) >= 11 is 1.48. The summed E-state index contributed by atoms with van der Waals surface area (Å²) < 4.78 is 5.34. The van der Waals surface area contributed by atoms with Crippen molar-refractivity contribution in [2.24, 2.45) is 28.1 Å². The molecule has 1 aliphatic heterocycles. The van der Waals surface area contributed by atoms with Gasteiger partial charge < -0.3 is 10.1 Å². The number of thiophene rings is 1. The van der Waals surface area contributed by atoms with E-state index in [9.17, 15) is 19.2 Å². The van der Waals surface area contributed by atoms with E-state index in [1.807, 2.05) is 20.8 Å². The Morgan fingerprint density at radius 3 is 2.51 bits per heavy atom. The number of rotatable bonds is 7. The highest BCUT2D eigenvalue weighted by atomic mass is 32.1. The van der Waals surface area contributed by atoms with Crippen LogP contribution < -0.4 is 5.32 Å². The summed E-state index contributed by atoms with van der Waals surface area (Å²) in [6, 6.07) is 0. The zero-order chi connectivity index (χ0) is 27.3. The predicted octanol–water partition coefficient (Wildman–Crippen LogP) is 5.61. The predicted molar refractivity (Wildman–Crippen MR) is 144 cm³/mol. The Balaban J connectivity index is 1.43. The van der Waals surface area contributed by atoms with Crippen molar-refractivity contribution in [3.63, 3.8) is 0 Å². The first-order valence-corrected chi connectivity index (χ1v) is 14.5. The maximum absolute atomic E-state index is 13.2. The smallest absolute Gasteiger partial charge is 0.341 e. The van der Waals surface area contributed by atoms with Gasteiger partial charge in [0, 0.05) is 23.8 Å². The van der Waals surface area contributed by atoms with Gasteiger partial charge in [-0.1, -0.05) is 41.5 Å². The Bertz CT molecular complexity index is 1110. The number of amides is 3. The molecule has 7 nitrogen and oxygen atoms in total. The van der Waals surface area contributed by atoms with Crippen LogP contribution in [0.2, 0.25) is 0 Å². The molecular formula is C29H42N2O5S. The Kier molecular flexibility index (Phi) is 7.38. The number of carbonyl (C=O) groups is 4. The second-order valence-corrected chi connectivity index (χ2v) is 13.9. The lowest BCUT2D eigenvalue weighted by Crippen LogP contribution is -2.59. The highest BCUT2D eigenvalue weighted by molar-refractivity contribution is 7.17. The fraction of sp³-hybridized carbons (Fsp3) is 0.724. The molecule has 3 unspecified atom stereocenters. The number of hydrogen-bond donors (Lipinski definition) is 1. The number of carbonyl (C=O) groups excluding carboxylic acids is 4. The minimum Gasteiger partial charge on any atom is -0.462 e. The Labute approximate surface area is 224 Å². The molecule has 3 amide bonds. The van der Waals surface area contributed by atoms with Crippen LogP contribution in [0.5, 0.6) is 0 Å². The van der Waals surface area contributed by atoms with Crippen LogP contribution in [-0.4, -0.2) is 41.7 Å². The molecule has 0 spiro atoms.